The third kappa shape index (κ3) is 2.84. The van der Waals surface area contributed by atoms with Gasteiger partial charge in [-0.3, -0.25) is 0 Å². The zero-order valence-corrected chi connectivity index (χ0v) is 11.3. The van der Waals surface area contributed by atoms with Crippen LogP contribution in [0.2, 0.25) is 10.0 Å². The Balaban J connectivity index is 2.14. The van der Waals surface area contributed by atoms with Gasteiger partial charge in [-0.05, 0) is 32.5 Å². The molecule has 1 aromatic rings. The zero-order chi connectivity index (χ0) is 12.6. The van der Waals surface area contributed by atoms with Crippen LogP contribution in [0, 0.1) is 5.82 Å². The smallest absolute Gasteiger partial charge is 0.126 e. The molecule has 1 aromatic carbocycles. The van der Waals surface area contributed by atoms with E-state index in [1.54, 1.807) is 0 Å². The van der Waals surface area contributed by atoms with Gasteiger partial charge in [-0.1, -0.05) is 23.2 Å². The Morgan fingerprint density at radius 2 is 1.94 bits per heavy atom. The Morgan fingerprint density at radius 3 is 2.41 bits per heavy atom. The average Bonchev–Trinajstić information content (AvgIpc) is 2.52. The van der Waals surface area contributed by atoms with Crippen LogP contribution in [-0.2, 0) is 0 Å². The number of likely N-dealkylation sites (N-methyl/N-ethyl adjacent to an activating group) is 1. The number of anilines is 1. The fourth-order valence-corrected chi connectivity index (χ4v) is 2.75. The van der Waals surface area contributed by atoms with Gasteiger partial charge in [-0.25, -0.2) is 4.39 Å². The van der Waals surface area contributed by atoms with Gasteiger partial charge in [0.1, 0.15) is 5.82 Å². The van der Waals surface area contributed by atoms with E-state index in [4.69, 9.17) is 23.2 Å². The number of nitrogens with zero attached hydrogens (tertiary/aromatic N) is 1. The van der Waals surface area contributed by atoms with E-state index >= 15 is 0 Å². The summed E-state index contributed by atoms with van der Waals surface area (Å²) in [5.41, 5.74) is 0.627. The number of hydrogen-bond donors (Lipinski definition) is 1. The first-order chi connectivity index (χ1) is 7.97. The molecule has 0 amide bonds. The summed E-state index contributed by atoms with van der Waals surface area (Å²) in [6.07, 6.45) is 1.03. The molecular formula is C12H15Cl2FN2. The normalized spacial score (nSPS) is 25.2. The molecule has 17 heavy (non-hydrogen) atoms. The van der Waals surface area contributed by atoms with E-state index in [1.807, 2.05) is 0 Å². The summed E-state index contributed by atoms with van der Waals surface area (Å²) in [5, 5.41) is 3.95. The predicted octanol–water partition coefficient (Wildman–Crippen LogP) is 3.64. The maximum atomic E-state index is 13.0. The monoisotopic (exact) mass is 276 g/mol. The van der Waals surface area contributed by atoms with Crippen molar-refractivity contribution in [2.75, 3.05) is 18.9 Å². The van der Waals surface area contributed by atoms with E-state index in [-0.39, 0.29) is 0 Å². The second-order valence-corrected chi connectivity index (χ2v) is 5.42. The highest BCUT2D eigenvalue weighted by molar-refractivity contribution is 6.39. The molecule has 0 spiro atoms. The van der Waals surface area contributed by atoms with Crippen LogP contribution in [0.15, 0.2) is 12.1 Å². The lowest BCUT2D eigenvalue weighted by molar-refractivity contribution is 0.330. The first-order valence-corrected chi connectivity index (χ1v) is 6.34. The van der Waals surface area contributed by atoms with Crippen molar-refractivity contribution in [2.24, 2.45) is 0 Å². The largest absolute Gasteiger partial charge is 0.379 e. The SMILES string of the molecule is CC1CC(Nc2c(Cl)cc(F)cc2Cl)CN1C. The molecule has 0 aliphatic carbocycles. The van der Waals surface area contributed by atoms with Crippen molar-refractivity contribution in [1.82, 2.24) is 4.90 Å². The number of hydrogen-bond acceptors (Lipinski definition) is 2. The highest BCUT2D eigenvalue weighted by Crippen LogP contribution is 2.33. The standard InChI is InChI=1S/C12H15Cl2FN2/c1-7-3-9(6-17(7)2)16-12-10(13)4-8(15)5-11(12)14/h4-5,7,9,16H,3,6H2,1-2H3. The number of halogens is 3. The third-order valence-electron chi connectivity index (χ3n) is 3.24. The highest BCUT2D eigenvalue weighted by Gasteiger charge is 2.26. The van der Waals surface area contributed by atoms with Gasteiger partial charge in [0.2, 0.25) is 0 Å². The van der Waals surface area contributed by atoms with Crippen LogP contribution in [0.25, 0.3) is 0 Å². The van der Waals surface area contributed by atoms with E-state index in [9.17, 15) is 4.39 Å². The molecule has 1 heterocycles. The quantitative estimate of drug-likeness (QED) is 0.887. The zero-order valence-electron chi connectivity index (χ0n) is 9.80. The molecular weight excluding hydrogens is 262 g/mol. The Labute approximate surface area is 111 Å². The van der Waals surface area contributed by atoms with Crippen LogP contribution in [0.5, 0.6) is 0 Å². The topological polar surface area (TPSA) is 15.3 Å². The Hall–Kier alpha value is -0.510. The number of rotatable bonds is 2. The Kier molecular flexibility index (Phi) is 3.81. The lowest BCUT2D eigenvalue weighted by Crippen LogP contribution is -2.25. The van der Waals surface area contributed by atoms with Crippen LogP contribution in [0.3, 0.4) is 0 Å². The van der Waals surface area contributed by atoms with Gasteiger partial charge in [-0.15, -0.1) is 0 Å². The summed E-state index contributed by atoms with van der Waals surface area (Å²) >= 11 is 12.0. The molecule has 1 saturated heterocycles. The van der Waals surface area contributed by atoms with Gasteiger partial charge in [0.15, 0.2) is 0 Å². The van der Waals surface area contributed by atoms with Crippen LogP contribution in [0.4, 0.5) is 10.1 Å². The predicted molar refractivity (Wildman–Crippen MR) is 70.5 cm³/mol. The van der Waals surface area contributed by atoms with Crippen LogP contribution in [-0.4, -0.2) is 30.6 Å². The van der Waals surface area contributed by atoms with Gasteiger partial charge in [0.25, 0.3) is 0 Å². The second kappa shape index (κ2) is 5.01. The minimum atomic E-state index is -0.414. The van der Waals surface area contributed by atoms with Crippen LogP contribution < -0.4 is 5.32 Å². The number of likely N-dealkylation sites (tertiary alicyclic amines) is 1. The van der Waals surface area contributed by atoms with E-state index in [2.05, 4.69) is 24.2 Å². The lowest BCUT2D eigenvalue weighted by Gasteiger charge is -2.16. The molecule has 1 N–H and O–H groups in total. The maximum Gasteiger partial charge on any atom is 0.126 e. The van der Waals surface area contributed by atoms with E-state index < -0.39 is 5.82 Å². The molecule has 1 aliphatic heterocycles. The summed E-state index contributed by atoms with van der Waals surface area (Å²) in [6.45, 7) is 3.11. The molecule has 2 rings (SSSR count). The third-order valence-corrected chi connectivity index (χ3v) is 3.84. The molecule has 1 aliphatic rings. The van der Waals surface area contributed by atoms with E-state index in [0.717, 1.165) is 13.0 Å². The molecule has 0 radical (unpaired) electrons. The van der Waals surface area contributed by atoms with E-state index in [0.29, 0.717) is 27.8 Å². The summed E-state index contributed by atoms with van der Waals surface area (Å²) in [7, 11) is 2.08. The summed E-state index contributed by atoms with van der Waals surface area (Å²) in [5.74, 6) is -0.414. The average molecular weight is 277 g/mol. The van der Waals surface area contributed by atoms with Gasteiger partial charge >= 0.3 is 0 Å². The Morgan fingerprint density at radius 1 is 1.35 bits per heavy atom. The van der Waals surface area contributed by atoms with Crippen molar-refractivity contribution in [2.45, 2.75) is 25.4 Å². The molecule has 2 nitrogen and oxygen atoms in total. The summed E-state index contributed by atoms with van der Waals surface area (Å²) < 4.78 is 13.0. The molecule has 0 saturated carbocycles. The fourth-order valence-electron chi connectivity index (χ4n) is 2.18. The second-order valence-electron chi connectivity index (χ2n) is 4.61. The summed E-state index contributed by atoms with van der Waals surface area (Å²) in [4.78, 5) is 2.27. The van der Waals surface area contributed by atoms with Gasteiger partial charge in [0.05, 0.1) is 15.7 Å². The lowest BCUT2D eigenvalue weighted by atomic mass is 10.2. The molecule has 5 heteroatoms. The number of benzene rings is 1. The molecule has 0 aromatic heterocycles. The van der Waals surface area contributed by atoms with Crippen molar-refractivity contribution >= 4 is 28.9 Å². The van der Waals surface area contributed by atoms with Gasteiger partial charge < -0.3 is 10.2 Å². The highest BCUT2D eigenvalue weighted by atomic mass is 35.5. The molecule has 2 unspecified atom stereocenters. The van der Waals surface area contributed by atoms with Crippen molar-refractivity contribution < 1.29 is 4.39 Å². The first kappa shape index (κ1) is 12.9. The van der Waals surface area contributed by atoms with Crippen molar-refractivity contribution in [3.05, 3.63) is 28.0 Å². The first-order valence-electron chi connectivity index (χ1n) is 5.58. The van der Waals surface area contributed by atoms with Crippen molar-refractivity contribution in [1.29, 1.82) is 0 Å². The summed E-state index contributed by atoms with van der Waals surface area (Å²) in [6, 6.07) is 3.39. The Bertz CT molecular complexity index is 392. The van der Waals surface area contributed by atoms with Gasteiger partial charge in [-0.2, -0.15) is 0 Å². The fraction of sp³-hybridized carbons (Fsp3) is 0.500. The maximum absolute atomic E-state index is 13.0. The minimum absolute atomic E-state index is 0.301. The van der Waals surface area contributed by atoms with Crippen molar-refractivity contribution in [3.8, 4) is 0 Å². The van der Waals surface area contributed by atoms with Gasteiger partial charge in [0, 0.05) is 18.6 Å². The molecule has 1 fully saturated rings. The minimum Gasteiger partial charge on any atom is -0.379 e. The molecule has 2 atom stereocenters. The number of nitrogens with one attached hydrogen (secondary N) is 1. The van der Waals surface area contributed by atoms with E-state index in [1.165, 1.54) is 12.1 Å². The molecule has 0 bridgehead atoms. The van der Waals surface area contributed by atoms with Crippen LogP contribution in [0.1, 0.15) is 13.3 Å². The van der Waals surface area contributed by atoms with Crippen LogP contribution >= 0.6 is 23.2 Å². The van der Waals surface area contributed by atoms with Crippen molar-refractivity contribution in [3.63, 3.8) is 0 Å². The molecule has 94 valence electrons.